The Balaban J connectivity index is 0.000000533. The van der Waals surface area contributed by atoms with E-state index in [1.807, 2.05) is 32.0 Å². The van der Waals surface area contributed by atoms with Crippen LogP contribution in [0.5, 0.6) is 0 Å². The third-order valence-corrected chi connectivity index (χ3v) is 7.12. The number of hydrogen-bond donors (Lipinski definition) is 7. The predicted molar refractivity (Wildman–Crippen MR) is 159 cm³/mol. The first-order chi connectivity index (χ1) is 20.5. The number of unbranched alkanes of at least 4 members (excludes halogenated alkanes) is 2. The highest BCUT2D eigenvalue weighted by molar-refractivity contribution is 5.94. The van der Waals surface area contributed by atoms with E-state index in [4.69, 9.17) is 21.9 Å². The van der Waals surface area contributed by atoms with Crippen LogP contribution < -0.4 is 33.3 Å². The van der Waals surface area contributed by atoms with E-state index in [-0.39, 0.29) is 24.7 Å². The van der Waals surface area contributed by atoms with Gasteiger partial charge in [0.05, 0.1) is 5.56 Å². The van der Waals surface area contributed by atoms with Crippen molar-refractivity contribution >= 4 is 29.8 Å². The maximum atomic E-state index is 13.6. The summed E-state index contributed by atoms with van der Waals surface area (Å²) in [5.74, 6) is -2.82. The fourth-order valence-electron chi connectivity index (χ4n) is 4.57. The molecule has 1 saturated carbocycles. The average molecular weight is 606 g/mol. The molecule has 43 heavy (non-hydrogen) atoms. The van der Waals surface area contributed by atoms with Crippen LogP contribution in [0.15, 0.2) is 24.3 Å². The molecule has 3 unspecified atom stereocenters. The minimum atomic E-state index is -1.86. The highest BCUT2D eigenvalue weighted by Crippen LogP contribution is 2.35. The number of esters is 1. The van der Waals surface area contributed by atoms with Gasteiger partial charge in [-0.25, -0.2) is 19.8 Å². The zero-order valence-corrected chi connectivity index (χ0v) is 25.1. The Kier molecular flexibility index (Phi) is 14.3. The van der Waals surface area contributed by atoms with Crippen LogP contribution in [-0.2, 0) is 25.7 Å². The van der Waals surface area contributed by atoms with E-state index in [0.29, 0.717) is 57.4 Å². The second-order valence-corrected chi connectivity index (χ2v) is 10.9. The van der Waals surface area contributed by atoms with Crippen molar-refractivity contribution in [2.75, 3.05) is 13.1 Å². The van der Waals surface area contributed by atoms with Gasteiger partial charge in [-0.3, -0.25) is 14.6 Å². The highest BCUT2D eigenvalue weighted by atomic mass is 16.5. The van der Waals surface area contributed by atoms with Gasteiger partial charge in [0.1, 0.15) is 18.7 Å². The molecule has 2 bridgehead atoms. The fraction of sp³-hybridized carbons (Fsp3) is 0.621. The van der Waals surface area contributed by atoms with Crippen molar-refractivity contribution in [3.8, 4) is 0 Å². The number of carbonyl (C=O) groups is 5. The number of nitrogens with zero attached hydrogens (tertiary/aromatic N) is 1. The minimum absolute atomic E-state index is 0.0704. The Bertz CT molecular complexity index is 1110. The number of primary amides is 1. The Hall–Kier alpha value is -3.75. The number of hydrazine groups is 1. The van der Waals surface area contributed by atoms with E-state index >= 15 is 0 Å². The summed E-state index contributed by atoms with van der Waals surface area (Å²) >= 11 is 0. The van der Waals surface area contributed by atoms with Crippen LogP contribution in [-0.4, -0.2) is 70.7 Å². The molecule has 14 nitrogen and oxygen atoms in total. The van der Waals surface area contributed by atoms with Crippen molar-refractivity contribution in [2.45, 2.75) is 96.0 Å². The van der Waals surface area contributed by atoms with Gasteiger partial charge < -0.3 is 37.7 Å². The third-order valence-electron chi connectivity index (χ3n) is 7.12. The van der Waals surface area contributed by atoms with Crippen molar-refractivity contribution in [3.05, 3.63) is 35.4 Å². The lowest BCUT2D eigenvalue weighted by Crippen LogP contribution is -2.71. The predicted octanol–water partition coefficient (Wildman–Crippen LogP) is 1.08. The number of nitrogens with one attached hydrogen (secondary N) is 3. The molecule has 0 radical (unpaired) electrons. The van der Waals surface area contributed by atoms with E-state index in [1.54, 1.807) is 6.07 Å². The number of rotatable bonds is 17. The number of urea groups is 1. The summed E-state index contributed by atoms with van der Waals surface area (Å²) in [6.07, 6.45) is 4.86. The molecule has 2 aliphatic rings. The number of carboxylic acids is 1. The fourth-order valence-corrected chi connectivity index (χ4v) is 4.57. The first-order valence-corrected chi connectivity index (χ1v) is 14.9. The average Bonchev–Trinajstić information content (AvgIpc) is 3.81. The maximum Gasteiger partial charge on any atom is 0.338 e. The molecular formula is C29H47N7O7. The lowest BCUT2D eigenvalue weighted by Gasteiger charge is -2.38. The van der Waals surface area contributed by atoms with E-state index in [1.165, 1.54) is 0 Å². The number of fused-ring (bicyclic) bond motifs is 2. The van der Waals surface area contributed by atoms with E-state index < -0.39 is 41.6 Å². The monoisotopic (exact) mass is 605 g/mol. The summed E-state index contributed by atoms with van der Waals surface area (Å²) in [6.45, 7) is 5.05. The Morgan fingerprint density at radius 1 is 1.14 bits per heavy atom. The Morgan fingerprint density at radius 3 is 2.42 bits per heavy atom. The highest BCUT2D eigenvalue weighted by Gasteiger charge is 2.47. The third kappa shape index (κ3) is 11.1. The van der Waals surface area contributed by atoms with Crippen LogP contribution >= 0.6 is 0 Å². The van der Waals surface area contributed by atoms with Gasteiger partial charge in [0.2, 0.25) is 5.91 Å². The van der Waals surface area contributed by atoms with E-state index in [2.05, 4.69) is 16.1 Å². The molecule has 1 aliphatic heterocycles. The molecule has 10 N–H and O–H groups in total. The van der Waals surface area contributed by atoms with Crippen molar-refractivity contribution < 1.29 is 33.8 Å². The lowest BCUT2D eigenvalue weighted by molar-refractivity contribution is -0.150. The second-order valence-electron chi connectivity index (χ2n) is 10.9. The molecule has 3 rings (SSSR count). The van der Waals surface area contributed by atoms with Gasteiger partial charge in [0.15, 0.2) is 5.66 Å². The summed E-state index contributed by atoms with van der Waals surface area (Å²) in [5, 5.41) is 15.4. The molecule has 4 amide bonds. The number of ether oxygens (including phenoxy) is 1. The minimum Gasteiger partial charge on any atom is -0.480 e. The Morgan fingerprint density at radius 2 is 1.86 bits per heavy atom. The number of carbonyl (C=O) groups excluding carboxylic acids is 4. The van der Waals surface area contributed by atoms with Crippen LogP contribution in [0.4, 0.5) is 4.79 Å². The van der Waals surface area contributed by atoms with Crippen LogP contribution in [0.25, 0.3) is 0 Å². The van der Waals surface area contributed by atoms with Crippen molar-refractivity contribution in [1.82, 2.24) is 21.1 Å². The zero-order chi connectivity index (χ0) is 32.0. The van der Waals surface area contributed by atoms with Gasteiger partial charge in [0.25, 0.3) is 5.91 Å². The zero-order valence-electron chi connectivity index (χ0n) is 25.1. The molecular weight excluding hydrogens is 558 g/mol. The van der Waals surface area contributed by atoms with E-state index in [9.17, 15) is 29.1 Å². The van der Waals surface area contributed by atoms with Crippen LogP contribution in [0.3, 0.4) is 0 Å². The van der Waals surface area contributed by atoms with Crippen LogP contribution in [0.1, 0.15) is 87.6 Å². The van der Waals surface area contributed by atoms with Crippen molar-refractivity contribution in [1.29, 1.82) is 0 Å². The Labute approximate surface area is 252 Å². The summed E-state index contributed by atoms with van der Waals surface area (Å²) < 4.78 is 4.82. The normalized spacial score (nSPS) is 16.3. The van der Waals surface area contributed by atoms with E-state index in [0.717, 1.165) is 23.4 Å². The number of amides is 4. The summed E-state index contributed by atoms with van der Waals surface area (Å²) in [5.41, 5.74) is 20.3. The molecule has 3 atom stereocenters. The quantitative estimate of drug-likeness (QED) is 0.0577. The summed E-state index contributed by atoms with van der Waals surface area (Å²) in [4.78, 5) is 60.8. The smallest absolute Gasteiger partial charge is 0.338 e. The van der Waals surface area contributed by atoms with Crippen LogP contribution in [0, 0.1) is 5.92 Å². The second kappa shape index (κ2) is 17.4. The molecule has 1 fully saturated rings. The molecule has 1 aromatic carbocycles. The number of cyclic esters (lactones) is 1. The number of carboxylic acid groups (broad SMARTS) is 1. The first kappa shape index (κ1) is 35.4. The largest absolute Gasteiger partial charge is 0.480 e. The first-order valence-electron chi connectivity index (χ1n) is 14.9. The molecule has 0 spiro atoms. The molecule has 1 aliphatic carbocycles. The molecule has 0 aromatic heterocycles. The molecule has 14 heteroatoms. The summed E-state index contributed by atoms with van der Waals surface area (Å²) in [6, 6.07) is 4.50. The molecule has 240 valence electrons. The van der Waals surface area contributed by atoms with Gasteiger partial charge >= 0.3 is 18.0 Å². The van der Waals surface area contributed by atoms with Gasteiger partial charge in [-0.15, -0.1) is 0 Å². The number of nitrogens with two attached hydrogens (primary N) is 3. The maximum absolute atomic E-state index is 13.6. The molecule has 0 saturated heterocycles. The van der Waals surface area contributed by atoms with Crippen molar-refractivity contribution in [2.24, 2.45) is 23.1 Å². The molecule has 1 aromatic rings. The van der Waals surface area contributed by atoms with Gasteiger partial charge in [-0.1, -0.05) is 32.4 Å². The van der Waals surface area contributed by atoms with Gasteiger partial charge in [0, 0.05) is 6.54 Å². The lowest BCUT2D eigenvalue weighted by atomic mass is 10.0. The van der Waals surface area contributed by atoms with Crippen LogP contribution in [0.2, 0.25) is 0 Å². The standard InChI is InChI=1S/C21H41N7O5.C8H6O2/c1-3-5-11-21(24,27-20(33)26-15(18(30)31)8-6-7-12-22)19(32)28(25-13-4-2)16(17(23)29)14-9-10-14;9-8-7-3-1-2-6(4-7)5-10-8/h14-16,25H,3-13,22,24H2,1-2H3,(H2,23,29)(H,30,31)(H2,26,27,33);1-4H,5H2. The summed E-state index contributed by atoms with van der Waals surface area (Å²) in [7, 11) is 0. The molecule has 1 heterocycles. The number of benzene rings is 1. The van der Waals surface area contributed by atoms with Gasteiger partial charge in [-0.05, 0) is 81.5 Å². The number of aliphatic carboxylic acids is 1. The SMILES string of the molecule is CCCCC(N)(NC(=O)NC(CCCCN)C(=O)O)C(=O)N(NCCC)C(C(N)=O)C1CC1.O=C1OCc2cccc1c2. The topological polar surface area (TPSA) is 232 Å². The van der Waals surface area contributed by atoms with Gasteiger partial charge in [-0.2, -0.15) is 0 Å². The van der Waals surface area contributed by atoms with Crippen molar-refractivity contribution in [3.63, 3.8) is 0 Å². The number of hydrogen-bond acceptors (Lipinski definition) is 9.